The van der Waals surface area contributed by atoms with Crippen LogP contribution in [0.2, 0.25) is 0 Å². The van der Waals surface area contributed by atoms with E-state index < -0.39 is 147 Å². The molecule has 9 fully saturated rings. The average Bonchev–Trinajstić information content (AvgIpc) is 3.71. The summed E-state index contributed by atoms with van der Waals surface area (Å²) in [6.07, 6.45) is -20.5. The van der Waals surface area contributed by atoms with E-state index in [9.17, 15) is 56.2 Å². The third kappa shape index (κ3) is 8.63. The third-order valence-electron chi connectivity index (χ3n) is 20.0. The molecule has 6 saturated heterocycles. The monoisotopic (exact) mass is 1030 g/mol. The third-order valence-corrected chi connectivity index (χ3v) is 20.0. The SMILES string of the molecule is C[C@@H]1CC[C@@]2(OC1)O[C@H]1C[C@H]3[C@@H]4CC=C5C[C@@H](O[C@@H]6O[C@H](CO)[C@@H](O)[C@H](O)[C@H]6O[C@@H]6O[C@@H](C)[C@H](O[C@@H]7O[C@@H](C)[C@H](O[C@@H]8O[C@@H](C)[C@H](O)[C@@H](O)[C@H]8O)[C@@H](O)[C@H]7O)[C@@H](O)[C@H]6O)CC[C@]5(C)[C@H]4CC[C@]3(C)[C@@]1(O)[C@@H]2C. The Kier molecular flexibility index (Phi) is 15.1. The fourth-order valence-corrected chi connectivity index (χ4v) is 15.4. The number of hydrogen-bond acceptors (Lipinski definition) is 21. The van der Waals surface area contributed by atoms with Crippen LogP contribution in [0.1, 0.15) is 106 Å². The maximum absolute atomic E-state index is 12.8. The second-order valence-electron chi connectivity index (χ2n) is 23.9. The van der Waals surface area contributed by atoms with E-state index in [-0.39, 0.29) is 28.8 Å². The Labute approximate surface area is 420 Å². The lowest BCUT2D eigenvalue weighted by molar-refractivity contribution is -0.388. The van der Waals surface area contributed by atoms with Crippen LogP contribution in [0, 0.1) is 40.4 Å². The van der Waals surface area contributed by atoms with Gasteiger partial charge >= 0.3 is 0 Å². The smallest absolute Gasteiger partial charge is 0.187 e. The van der Waals surface area contributed by atoms with Gasteiger partial charge in [0, 0.05) is 17.8 Å². The van der Waals surface area contributed by atoms with E-state index in [1.165, 1.54) is 26.3 Å². The highest BCUT2D eigenvalue weighted by molar-refractivity contribution is 5.29. The van der Waals surface area contributed by atoms with Gasteiger partial charge in [0.1, 0.15) is 85.0 Å². The molecule has 10 rings (SSSR count). The van der Waals surface area contributed by atoms with Crippen LogP contribution in [0.5, 0.6) is 0 Å². The summed E-state index contributed by atoms with van der Waals surface area (Å²) in [6.45, 7) is 13.5. The Hall–Kier alpha value is -1.10. The Morgan fingerprint density at radius 1 is 0.597 bits per heavy atom. The van der Waals surface area contributed by atoms with Gasteiger partial charge in [-0.15, -0.1) is 0 Å². The number of allylic oxidation sites excluding steroid dienone is 1. The van der Waals surface area contributed by atoms with Crippen molar-refractivity contribution in [3.8, 4) is 0 Å². The number of aliphatic hydroxyl groups excluding tert-OH is 10. The van der Waals surface area contributed by atoms with Crippen molar-refractivity contribution in [1.29, 1.82) is 0 Å². The molecule has 6 heterocycles. The van der Waals surface area contributed by atoms with Crippen LogP contribution in [0.4, 0.5) is 0 Å². The van der Waals surface area contributed by atoms with Crippen LogP contribution in [-0.4, -0.2) is 216 Å². The van der Waals surface area contributed by atoms with E-state index in [1.807, 2.05) is 0 Å². The van der Waals surface area contributed by atoms with Crippen LogP contribution in [-0.2, 0) is 47.4 Å². The molecule has 0 radical (unpaired) electrons. The summed E-state index contributed by atoms with van der Waals surface area (Å²) >= 11 is 0. The molecular weight excluding hydrogens is 949 g/mol. The molecule has 10 aliphatic rings. The van der Waals surface area contributed by atoms with Crippen LogP contribution in [0.3, 0.4) is 0 Å². The molecule has 72 heavy (non-hydrogen) atoms. The Morgan fingerprint density at radius 3 is 1.78 bits per heavy atom. The zero-order valence-electron chi connectivity index (χ0n) is 42.4. The lowest BCUT2D eigenvalue weighted by Crippen LogP contribution is -2.66. The van der Waals surface area contributed by atoms with E-state index in [0.717, 1.165) is 44.9 Å². The van der Waals surface area contributed by atoms with Crippen molar-refractivity contribution in [2.75, 3.05) is 13.2 Å². The summed E-state index contributed by atoms with van der Waals surface area (Å²) in [6, 6.07) is 0. The van der Waals surface area contributed by atoms with E-state index in [0.29, 0.717) is 37.2 Å². The molecule has 412 valence electrons. The van der Waals surface area contributed by atoms with Crippen molar-refractivity contribution in [2.45, 2.75) is 253 Å². The molecule has 11 N–H and O–H groups in total. The molecule has 3 saturated carbocycles. The zero-order chi connectivity index (χ0) is 51.7. The Bertz CT molecular complexity index is 1940. The van der Waals surface area contributed by atoms with Gasteiger partial charge < -0.3 is 104 Å². The second kappa shape index (κ2) is 20.0. The predicted molar refractivity (Wildman–Crippen MR) is 245 cm³/mol. The topological polar surface area (TPSA) is 315 Å². The molecule has 31 atom stereocenters. The lowest BCUT2D eigenvalue weighted by Gasteiger charge is -2.60. The van der Waals surface area contributed by atoms with Crippen LogP contribution >= 0.6 is 0 Å². The summed E-state index contributed by atoms with van der Waals surface area (Å²) in [5.41, 5.74) is -0.145. The zero-order valence-corrected chi connectivity index (χ0v) is 42.4. The number of fused-ring (bicyclic) bond motifs is 7. The fraction of sp³-hybridized carbons (Fsp3) is 0.961. The van der Waals surface area contributed by atoms with Gasteiger partial charge in [-0.2, -0.15) is 0 Å². The Morgan fingerprint density at radius 2 is 1.18 bits per heavy atom. The molecule has 0 unspecified atom stereocenters. The summed E-state index contributed by atoms with van der Waals surface area (Å²) < 4.78 is 61.3. The Balaban J connectivity index is 0.778. The van der Waals surface area contributed by atoms with Gasteiger partial charge in [-0.1, -0.05) is 39.3 Å². The second-order valence-corrected chi connectivity index (χ2v) is 23.9. The molecule has 1 spiro atoms. The van der Waals surface area contributed by atoms with Crippen molar-refractivity contribution < 1.29 is 104 Å². The molecule has 0 aromatic carbocycles. The van der Waals surface area contributed by atoms with Crippen LogP contribution in [0.25, 0.3) is 0 Å². The minimum atomic E-state index is -1.84. The van der Waals surface area contributed by atoms with Crippen LogP contribution in [0.15, 0.2) is 11.6 Å². The van der Waals surface area contributed by atoms with E-state index in [2.05, 4.69) is 33.8 Å². The van der Waals surface area contributed by atoms with Crippen molar-refractivity contribution in [2.24, 2.45) is 40.4 Å². The number of rotatable bonds is 9. The van der Waals surface area contributed by atoms with Crippen molar-refractivity contribution in [3.05, 3.63) is 11.6 Å². The fourth-order valence-electron chi connectivity index (χ4n) is 15.4. The van der Waals surface area contributed by atoms with Gasteiger partial charge in [0.2, 0.25) is 0 Å². The first-order valence-electron chi connectivity index (χ1n) is 26.7. The molecular formula is C51H82O21. The summed E-state index contributed by atoms with van der Waals surface area (Å²) in [7, 11) is 0. The largest absolute Gasteiger partial charge is 0.394 e. The first-order valence-corrected chi connectivity index (χ1v) is 26.7. The number of hydrogen-bond donors (Lipinski definition) is 11. The van der Waals surface area contributed by atoms with E-state index in [1.54, 1.807) is 0 Å². The number of ether oxygens (including phenoxy) is 10. The minimum Gasteiger partial charge on any atom is -0.394 e. The summed E-state index contributed by atoms with van der Waals surface area (Å²) in [5.74, 6) is 0.627. The molecule has 21 nitrogen and oxygen atoms in total. The molecule has 6 aliphatic heterocycles. The first-order chi connectivity index (χ1) is 34.0. The summed E-state index contributed by atoms with van der Waals surface area (Å²) in [4.78, 5) is 0. The van der Waals surface area contributed by atoms with Crippen molar-refractivity contribution in [3.63, 3.8) is 0 Å². The maximum Gasteiger partial charge on any atom is 0.187 e. The lowest BCUT2D eigenvalue weighted by atomic mass is 9.46. The quantitative estimate of drug-likeness (QED) is 0.126. The maximum atomic E-state index is 12.8. The van der Waals surface area contributed by atoms with Crippen LogP contribution < -0.4 is 0 Å². The summed E-state index contributed by atoms with van der Waals surface area (Å²) in [5, 5.41) is 121. The standard InChI is InChI=1S/C51H82O21/c1-20-10-15-50(63-19-20)24(5)51(62)31(72-50)17-29-27-9-8-25-16-26(11-13-48(25,6)28(27)12-14-49(29,51)7)67-47-43(35(56)33(54)30(18-52)68-47)71-46-40(61)37(58)42(23(4)66-46)70-45-39(60)36(57)41(22(3)65-45)69-44-38(59)34(55)32(53)21(2)64-44/h8,20-24,26-47,52-62H,9-19H2,1-7H3/t20-,21+,22+,23+,24-,26+,27-,28+,29+,30-,31+,32+,33-,34-,35+,36+,37+,38-,39-,40-,41+,42+,43-,44+,45+,46+,47-,48+,49+,50-,51-/m1/s1. The van der Waals surface area contributed by atoms with Gasteiger partial charge in [-0.25, -0.2) is 0 Å². The van der Waals surface area contributed by atoms with Gasteiger partial charge in [-0.3, -0.25) is 0 Å². The molecule has 0 aromatic heterocycles. The number of aliphatic hydroxyl groups is 11. The molecule has 0 aromatic rings. The average molecular weight is 1030 g/mol. The first kappa shape index (κ1) is 54.3. The van der Waals surface area contributed by atoms with Gasteiger partial charge in [0.05, 0.1) is 43.7 Å². The minimum absolute atomic E-state index is 0.120. The van der Waals surface area contributed by atoms with Gasteiger partial charge in [-0.05, 0) is 101 Å². The van der Waals surface area contributed by atoms with E-state index in [4.69, 9.17) is 47.4 Å². The predicted octanol–water partition coefficient (Wildman–Crippen LogP) is -0.792. The highest BCUT2D eigenvalue weighted by Gasteiger charge is 2.76. The van der Waals surface area contributed by atoms with E-state index >= 15 is 0 Å². The van der Waals surface area contributed by atoms with Gasteiger partial charge in [0.25, 0.3) is 0 Å². The van der Waals surface area contributed by atoms with Crippen molar-refractivity contribution in [1.82, 2.24) is 0 Å². The molecule has 4 aliphatic carbocycles. The van der Waals surface area contributed by atoms with Crippen molar-refractivity contribution >= 4 is 0 Å². The highest BCUT2D eigenvalue weighted by atomic mass is 16.8. The molecule has 21 heteroatoms. The van der Waals surface area contributed by atoms with Gasteiger partial charge in [0.15, 0.2) is 30.9 Å². The molecule has 0 bridgehead atoms. The normalized spacial score (nSPS) is 58.8. The highest BCUT2D eigenvalue weighted by Crippen LogP contribution is 2.72. The molecule has 0 amide bonds.